The van der Waals surface area contributed by atoms with Crippen molar-refractivity contribution < 1.29 is 9.53 Å². The average molecular weight is 282 g/mol. The Morgan fingerprint density at radius 3 is 2.95 bits per heavy atom. The Morgan fingerprint density at radius 1 is 1.19 bits per heavy atom. The van der Waals surface area contributed by atoms with Crippen LogP contribution >= 0.6 is 0 Å². The summed E-state index contributed by atoms with van der Waals surface area (Å²) in [6, 6.07) is 13.3. The zero-order valence-electron chi connectivity index (χ0n) is 12.0. The molecule has 0 spiro atoms. The summed E-state index contributed by atoms with van der Waals surface area (Å²) in [5.41, 5.74) is 3.95. The quantitative estimate of drug-likeness (QED) is 0.909. The van der Waals surface area contributed by atoms with E-state index in [0.717, 1.165) is 30.9 Å². The van der Waals surface area contributed by atoms with Crippen LogP contribution in [0.15, 0.2) is 42.5 Å². The van der Waals surface area contributed by atoms with Gasteiger partial charge in [0.2, 0.25) is 0 Å². The van der Waals surface area contributed by atoms with E-state index in [1.165, 1.54) is 11.1 Å². The highest BCUT2D eigenvalue weighted by Crippen LogP contribution is 2.19. The number of amides is 1. The number of fused-ring (bicyclic) bond motifs is 1. The van der Waals surface area contributed by atoms with E-state index in [2.05, 4.69) is 16.7 Å². The van der Waals surface area contributed by atoms with Crippen LogP contribution in [0.3, 0.4) is 0 Å². The van der Waals surface area contributed by atoms with E-state index in [9.17, 15) is 4.79 Å². The molecule has 2 aromatic rings. The minimum absolute atomic E-state index is 0.100. The lowest BCUT2D eigenvalue weighted by Gasteiger charge is -2.17. The Labute approximate surface area is 124 Å². The van der Waals surface area contributed by atoms with E-state index >= 15 is 0 Å². The number of ether oxygens (including phenoxy) is 1. The second-order valence-electron chi connectivity index (χ2n) is 5.10. The Balaban J connectivity index is 1.78. The highest BCUT2D eigenvalue weighted by atomic mass is 16.5. The Morgan fingerprint density at radius 2 is 2.10 bits per heavy atom. The molecule has 1 aliphatic heterocycles. The topological polar surface area (TPSA) is 50.4 Å². The first-order valence-electron chi connectivity index (χ1n) is 7.04. The number of rotatable bonds is 3. The molecular formula is C17H18N2O2. The van der Waals surface area contributed by atoms with Gasteiger partial charge in [-0.2, -0.15) is 0 Å². The van der Waals surface area contributed by atoms with Gasteiger partial charge in [0.25, 0.3) is 5.91 Å². The minimum Gasteiger partial charge on any atom is -0.497 e. The molecule has 0 radical (unpaired) electrons. The molecule has 4 nitrogen and oxygen atoms in total. The summed E-state index contributed by atoms with van der Waals surface area (Å²) in [6.45, 7) is 1.83. The smallest absolute Gasteiger partial charge is 0.255 e. The highest BCUT2D eigenvalue weighted by Gasteiger charge is 2.12. The second-order valence-corrected chi connectivity index (χ2v) is 5.10. The van der Waals surface area contributed by atoms with Gasteiger partial charge < -0.3 is 15.4 Å². The van der Waals surface area contributed by atoms with Crippen LogP contribution in [0.5, 0.6) is 5.75 Å². The number of carbonyl (C=O) groups excluding carboxylic acids is 1. The van der Waals surface area contributed by atoms with Crippen molar-refractivity contribution in [2.75, 3.05) is 19.0 Å². The van der Waals surface area contributed by atoms with E-state index in [1.54, 1.807) is 13.2 Å². The van der Waals surface area contributed by atoms with E-state index < -0.39 is 0 Å². The molecule has 1 heterocycles. The first kappa shape index (κ1) is 13.6. The third-order valence-electron chi connectivity index (χ3n) is 3.68. The van der Waals surface area contributed by atoms with Gasteiger partial charge in [0, 0.05) is 23.9 Å². The molecule has 108 valence electrons. The summed E-state index contributed by atoms with van der Waals surface area (Å²) < 4.78 is 5.16. The Hall–Kier alpha value is -2.33. The van der Waals surface area contributed by atoms with Crippen LogP contribution in [0.1, 0.15) is 21.5 Å². The number of nitrogens with one attached hydrogen (secondary N) is 2. The van der Waals surface area contributed by atoms with Crippen molar-refractivity contribution in [2.24, 2.45) is 0 Å². The van der Waals surface area contributed by atoms with Crippen LogP contribution in [0.2, 0.25) is 0 Å². The fourth-order valence-corrected chi connectivity index (χ4v) is 2.53. The van der Waals surface area contributed by atoms with Crippen molar-refractivity contribution in [3.05, 3.63) is 59.2 Å². The SMILES string of the molecule is COc1cccc(NC(=O)c2ccc3c(c2)CNCC3)c1. The van der Waals surface area contributed by atoms with Gasteiger partial charge >= 0.3 is 0 Å². The molecule has 0 fully saturated rings. The van der Waals surface area contributed by atoms with Crippen molar-refractivity contribution >= 4 is 11.6 Å². The first-order valence-corrected chi connectivity index (χ1v) is 7.04. The van der Waals surface area contributed by atoms with Crippen LogP contribution in [0.25, 0.3) is 0 Å². The lowest BCUT2D eigenvalue weighted by molar-refractivity contribution is 0.102. The fraction of sp³-hybridized carbons (Fsp3) is 0.235. The van der Waals surface area contributed by atoms with Crippen molar-refractivity contribution in [1.82, 2.24) is 5.32 Å². The van der Waals surface area contributed by atoms with E-state index in [-0.39, 0.29) is 5.91 Å². The molecular weight excluding hydrogens is 264 g/mol. The predicted octanol–water partition coefficient (Wildman–Crippen LogP) is 2.59. The molecule has 0 saturated heterocycles. The molecule has 2 N–H and O–H groups in total. The van der Waals surface area contributed by atoms with Gasteiger partial charge in [-0.05, 0) is 48.4 Å². The molecule has 0 aromatic heterocycles. The maximum absolute atomic E-state index is 12.3. The highest BCUT2D eigenvalue weighted by molar-refractivity contribution is 6.04. The van der Waals surface area contributed by atoms with E-state index in [4.69, 9.17) is 4.74 Å². The molecule has 4 heteroatoms. The number of benzene rings is 2. The number of carbonyl (C=O) groups is 1. The number of hydrogen-bond donors (Lipinski definition) is 2. The van der Waals surface area contributed by atoms with Gasteiger partial charge in [-0.15, -0.1) is 0 Å². The summed E-state index contributed by atoms with van der Waals surface area (Å²) in [5, 5.41) is 6.22. The fourth-order valence-electron chi connectivity index (χ4n) is 2.53. The van der Waals surface area contributed by atoms with Gasteiger partial charge in [0.05, 0.1) is 7.11 Å². The molecule has 1 aliphatic rings. The Bertz CT molecular complexity index is 668. The lowest BCUT2D eigenvalue weighted by atomic mass is 9.98. The second kappa shape index (κ2) is 5.97. The van der Waals surface area contributed by atoms with Crippen molar-refractivity contribution in [1.29, 1.82) is 0 Å². The maximum Gasteiger partial charge on any atom is 0.255 e. The normalized spacial score (nSPS) is 13.4. The largest absolute Gasteiger partial charge is 0.497 e. The van der Waals surface area contributed by atoms with Gasteiger partial charge in [-0.3, -0.25) is 4.79 Å². The van der Waals surface area contributed by atoms with Crippen molar-refractivity contribution in [3.8, 4) is 5.75 Å². The van der Waals surface area contributed by atoms with E-state index in [1.807, 2.05) is 30.3 Å². The molecule has 0 saturated carbocycles. The molecule has 3 rings (SSSR count). The lowest BCUT2D eigenvalue weighted by Crippen LogP contribution is -2.24. The van der Waals surface area contributed by atoms with Crippen LogP contribution in [-0.2, 0) is 13.0 Å². The number of anilines is 1. The zero-order valence-corrected chi connectivity index (χ0v) is 12.0. The average Bonchev–Trinajstić information content (AvgIpc) is 2.54. The first-order chi connectivity index (χ1) is 10.3. The van der Waals surface area contributed by atoms with Crippen molar-refractivity contribution in [3.63, 3.8) is 0 Å². The number of hydrogen-bond acceptors (Lipinski definition) is 3. The van der Waals surface area contributed by atoms with Gasteiger partial charge in [0.15, 0.2) is 0 Å². The summed E-state index contributed by atoms with van der Waals surface area (Å²) in [6.07, 6.45) is 1.02. The molecule has 0 aliphatic carbocycles. The summed E-state index contributed by atoms with van der Waals surface area (Å²) >= 11 is 0. The maximum atomic E-state index is 12.3. The van der Waals surface area contributed by atoms with Crippen LogP contribution in [0.4, 0.5) is 5.69 Å². The monoisotopic (exact) mass is 282 g/mol. The molecule has 0 atom stereocenters. The summed E-state index contributed by atoms with van der Waals surface area (Å²) in [7, 11) is 1.61. The molecule has 21 heavy (non-hydrogen) atoms. The van der Waals surface area contributed by atoms with Crippen molar-refractivity contribution in [2.45, 2.75) is 13.0 Å². The third-order valence-corrected chi connectivity index (χ3v) is 3.68. The Kier molecular flexibility index (Phi) is 3.88. The molecule has 1 amide bonds. The van der Waals surface area contributed by atoms with Gasteiger partial charge in [-0.25, -0.2) is 0 Å². The zero-order chi connectivity index (χ0) is 14.7. The molecule has 2 aromatic carbocycles. The number of methoxy groups -OCH3 is 1. The standard InChI is InChI=1S/C17H18N2O2/c1-21-16-4-2-3-15(10-16)19-17(20)13-6-5-12-7-8-18-11-14(12)9-13/h2-6,9-10,18H,7-8,11H2,1H3,(H,19,20). The predicted molar refractivity (Wildman–Crippen MR) is 82.8 cm³/mol. The van der Waals surface area contributed by atoms with Gasteiger partial charge in [0.1, 0.15) is 5.75 Å². The van der Waals surface area contributed by atoms with Crippen LogP contribution in [0, 0.1) is 0 Å². The van der Waals surface area contributed by atoms with Crippen LogP contribution in [-0.4, -0.2) is 19.6 Å². The molecule has 0 unspecified atom stereocenters. The summed E-state index contributed by atoms with van der Waals surface area (Å²) in [5.74, 6) is 0.624. The third kappa shape index (κ3) is 3.06. The van der Waals surface area contributed by atoms with Gasteiger partial charge in [-0.1, -0.05) is 12.1 Å². The summed E-state index contributed by atoms with van der Waals surface area (Å²) in [4.78, 5) is 12.3. The van der Waals surface area contributed by atoms with E-state index in [0.29, 0.717) is 5.56 Å². The van der Waals surface area contributed by atoms with Crippen LogP contribution < -0.4 is 15.4 Å². The minimum atomic E-state index is -0.100. The molecule has 0 bridgehead atoms.